The summed E-state index contributed by atoms with van der Waals surface area (Å²) in [5, 5.41) is 2.03. The summed E-state index contributed by atoms with van der Waals surface area (Å²) in [6, 6.07) is 7.99. The number of hydrogen-bond acceptors (Lipinski definition) is 2. The van der Waals surface area contributed by atoms with Crippen LogP contribution >= 0.6 is 27.3 Å². The molecule has 1 aliphatic rings. The quantitative estimate of drug-likeness (QED) is 0.700. The SMILES string of the molecule is Cc1cccc2c1C/C(=C\c1cc(Br)cs1)C2=O. The van der Waals surface area contributed by atoms with Crippen molar-refractivity contribution in [2.24, 2.45) is 0 Å². The minimum Gasteiger partial charge on any atom is -0.289 e. The normalized spacial score (nSPS) is 16.3. The number of hydrogen-bond donors (Lipinski definition) is 0. The van der Waals surface area contributed by atoms with Gasteiger partial charge in [-0.1, -0.05) is 18.2 Å². The Bertz CT molecular complexity index is 667. The summed E-state index contributed by atoms with van der Waals surface area (Å²) in [4.78, 5) is 13.4. The predicted octanol–water partition coefficient (Wildman–Crippen LogP) is 4.64. The molecule has 0 spiro atoms. The van der Waals surface area contributed by atoms with Crippen molar-refractivity contribution in [2.75, 3.05) is 0 Å². The lowest BCUT2D eigenvalue weighted by atomic mass is 10.1. The Kier molecular flexibility index (Phi) is 2.96. The molecule has 0 amide bonds. The van der Waals surface area contributed by atoms with Gasteiger partial charge in [-0.25, -0.2) is 0 Å². The van der Waals surface area contributed by atoms with Gasteiger partial charge >= 0.3 is 0 Å². The van der Waals surface area contributed by atoms with Crippen LogP contribution in [0.1, 0.15) is 26.4 Å². The Morgan fingerprint density at radius 2 is 2.22 bits per heavy atom. The van der Waals surface area contributed by atoms with E-state index in [0.717, 1.165) is 26.9 Å². The minimum atomic E-state index is 0.179. The highest BCUT2D eigenvalue weighted by Crippen LogP contribution is 2.31. The zero-order chi connectivity index (χ0) is 12.7. The Morgan fingerprint density at radius 1 is 1.39 bits per heavy atom. The first-order valence-corrected chi connectivity index (χ1v) is 7.40. The maximum Gasteiger partial charge on any atom is 0.189 e. The predicted molar refractivity (Wildman–Crippen MR) is 79.2 cm³/mol. The van der Waals surface area contributed by atoms with E-state index in [2.05, 4.69) is 28.9 Å². The lowest BCUT2D eigenvalue weighted by Crippen LogP contribution is -1.94. The summed E-state index contributed by atoms with van der Waals surface area (Å²) in [5.41, 5.74) is 4.16. The van der Waals surface area contributed by atoms with E-state index in [9.17, 15) is 4.79 Å². The number of halogens is 1. The number of fused-ring (bicyclic) bond motifs is 1. The third-order valence-corrected chi connectivity index (χ3v) is 4.86. The Morgan fingerprint density at radius 3 is 2.89 bits per heavy atom. The number of thiophene rings is 1. The van der Waals surface area contributed by atoms with Crippen molar-refractivity contribution in [1.82, 2.24) is 0 Å². The fourth-order valence-electron chi connectivity index (χ4n) is 2.29. The molecule has 3 rings (SSSR count). The van der Waals surface area contributed by atoms with Crippen LogP contribution in [0.4, 0.5) is 0 Å². The largest absolute Gasteiger partial charge is 0.289 e. The molecule has 2 aromatic rings. The molecule has 0 saturated heterocycles. The molecule has 1 aliphatic carbocycles. The standard InChI is InChI=1S/C15H11BrOS/c1-9-3-2-4-13-14(9)6-10(15(13)17)5-12-7-11(16)8-18-12/h2-5,7-8H,6H2,1H3/b10-5+. The molecular weight excluding hydrogens is 308 g/mol. The third kappa shape index (κ3) is 1.98. The molecule has 3 heteroatoms. The van der Waals surface area contributed by atoms with Crippen molar-refractivity contribution in [3.63, 3.8) is 0 Å². The van der Waals surface area contributed by atoms with E-state index in [1.54, 1.807) is 11.3 Å². The van der Waals surface area contributed by atoms with Gasteiger partial charge < -0.3 is 0 Å². The number of benzene rings is 1. The van der Waals surface area contributed by atoms with Gasteiger partial charge in [0.05, 0.1) is 0 Å². The van der Waals surface area contributed by atoms with Crippen molar-refractivity contribution in [3.05, 3.63) is 61.3 Å². The first-order chi connectivity index (χ1) is 8.65. The van der Waals surface area contributed by atoms with Gasteiger partial charge in [0.1, 0.15) is 0 Å². The molecule has 0 bridgehead atoms. The van der Waals surface area contributed by atoms with E-state index < -0.39 is 0 Å². The fourth-order valence-corrected chi connectivity index (χ4v) is 3.69. The average molecular weight is 319 g/mol. The molecule has 0 N–H and O–H groups in total. The van der Waals surface area contributed by atoms with Crippen LogP contribution in [0.15, 0.2) is 39.7 Å². The maximum absolute atomic E-state index is 12.3. The summed E-state index contributed by atoms with van der Waals surface area (Å²) < 4.78 is 1.07. The van der Waals surface area contributed by atoms with E-state index in [1.807, 2.05) is 29.7 Å². The van der Waals surface area contributed by atoms with Gasteiger partial charge in [0.15, 0.2) is 5.78 Å². The molecule has 0 atom stereocenters. The van der Waals surface area contributed by atoms with Crippen molar-refractivity contribution < 1.29 is 4.79 Å². The van der Waals surface area contributed by atoms with E-state index in [0.29, 0.717) is 0 Å². The van der Waals surface area contributed by atoms with Crippen LogP contribution in [-0.2, 0) is 6.42 Å². The topological polar surface area (TPSA) is 17.1 Å². The van der Waals surface area contributed by atoms with Crippen LogP contribution in [0.5, 0.6) is 0 Å². The summed E-state index contributed by atoms with van der Waals surface area (Å²) in [6.07, 6.45) is 2.77. The molecule has 1 nitrogen and oxygen atoms in total. The number of carbonyl (C=O) groups excluding carboxylic acids is 1. The number of ketones is 1. The van der Waals surface area contributed by atoms with E-state index in [-0.39, 0.29) is 5.78 Å². The molecule has 0 saturated carbocycles. The highest BCUT2D eigenvalue weighted by Gasteiger charge is 2.25. The van der Waals surface area contributed by atoms with Crippen molar-refractivity contribution in [3.8, 4) is 0 Å². The van der Waals surface area contributed by atoms with Crippen LogP contribution in [0, 0.1) is 6.92 Å². The minimum absolute atomic E-state index is 0.179. The molecule has 1 aromatic heterocycles. The highest BCUT2D eigenvalue weighted by molar-refractivity contribution is 9.10. The van der Waals surface area contributed by atoms with E-state index >= 15 is 0 Å². The van der Waals surface area contributed by atoms with Gasteiger partial charge in [0, 0.05) is 32.3 Å². The number of rotatable bonds is 1. The van der Waals surface area contributed by atoms with Crippen molar-refractivity contribution in [2.45, 2.75) is 13.3 Å². The van der Waals surface area contributed by atoms with Gasteiger partial charge in [0.2, 0.25) is 0 Å². The van der Waals surface area contributed by atoms with E-state index in [4.69, 9.17) is 0 Å². The molecule has 90 valence electrons. The number of Topliss-reactive ketones (excluding diaryl/α,β-unsaturated/α-hetero) is 1. The second-order valence-corrected chi connectivity index (χ2v) is 6.30. The molecule has 18 heavy (non-hydrogen) atoms. The zero-order valence-electron chi connectivity index (χ0n) is 9.87. The molecule has 0 unspecified atom stereocenters. The van der Waals surface area contributed by atoms with Gasteiger partial charge in [-0.15, -0.1) is 11.3 Å². The number of allylic oxidation sites excluding steroid dienone is 1. The number of aryl methyl sites for hydroxylation is 1. The lowest BCUT2D eigenvalue weighted by Gasteiger charge is -1.99. The van der Waals surface area contributed by atoms with Crippen molar-refractivity contribution >= 4 is 39.1 Å². The molecule has 0 radical (unpaired) electrons. The Balaban J connectivity index is 2.02. The molecule has 1 heterocycles. The third-order valence-electron chi connectivity index (χ3n) is 3.22. The van der Waals surface area contributed by atoms with Crippen LogP contribution in [0.2, 0.25) is 0 Å². The highest BCUT2D eigenvalue weighted by atomic mass is 79.9. The fraction of sp³-hybridized carbons (Fsp3) is 0.133. The van der Waals surface area contributed by atoms with E-state index in [1.165, 1.54) is 11.1 Å². The summed E-state index contributed by atoms with van der Waals surface area (Å²) in [7, 11) is 0. The smallest absolute Gasteiger partial charge is 0.189 e. The van der Waals surface area contributed by atoms with Gasteiger partial charge in [0.25, 0.3) is 0 Å². The summed E-state index contributed by atoms with van der Waals surface area (Å²) in [5.74, 6) is 0.179. The second kappa shape index (κ2) is 4.48. The zero-order valence-corrected chi connectivity index (χ0v) is 12.3. The Labute approximate surface area is 118 Å². The van der Waals surface area contributed by atoms with Crippen LogP contribution in [-0.4, -0.2) is 5.78 Å². The summed E-state index contributed by atoms with van der Waals surface area (Å²) >= 11 is 5.08. The first-order valence-electron chi connectivity index (χ1n) is 5.73. The molecular formula is C15H11BrOS. The van der Waals surface area contributed by atoms with Crippen molar-refractivity contribution in [1.29, 1.82) is 0 Å². The van der Waals surface area contributed by atoms with Crippen LogP contribution in [0.25, 0.3) is 6.08 Å². The molecule has 1 aromatic carbocycles. The molecule has 0 aliphatic heterocycles. The van der Waals surface area contributed by atoms with Gasteiger partial charge in [-0.2, -0.15) is 0 Å². The monoisotopic (exact) mass is 318 g/mol. The summed E-state index contributed by atoms with van der Waals surface area (Å²) in [6.45, 7) is 2.07. The maximum atomic E-state index is 12.3. The first kappa shape index (κ1) is 11.9. The van der Waals surface area contributed by atoms with Crippen LogP contribution < -0.4 is 0 Å². The van der Waals surface area contributed by atoms with Crippen LogP contribution in [0.3, 0.4) is 0 Å². The van der Waals surface area contributed by atoms with Gasteiger partial charge in [-0.05, 0) is 46.1 Å². The lowest BCUT2D eigenvalue weighted by molar-refractivity contribution is 0.104. The molecule has 0 fully saturated rings. The number of carbonyl (C=O) groups is 1. The Hall–Kier alpha value is -1.19. The van der Waals surface area contributed by atoms with Gasteiger partial charge in [-0.3, -0.25) is 4.79 Å². The second-order valence-electron chi connectivity index (χ2n) is 4.44. The average Bonchev–Trinajstić information content (AvgIpc) is 2.88.